The lowest BCUT2D eigenvalue weighted by Gasteiger charge is -2.04. The number of rotatable bonds is 2. The fourth-order valence-electron chi connectivity index (χ4n) is 1.24. The average molecular weight is 257 g/mol. The number of thiazole rings is 1. The first-order valence-corrected chi connectivity index (χ1v) is 5.69. The molecule has 0 unspecified atom stereocenters. The Hall–Kier alpha value is -1.40. The first kappa shape index (κ1) is 11.1. The van der Waals surface area contributed by atoms with Gasteiger partial charge in [0.05, 0.1) is 17.9 Å². The number of hydrogen-bond acceptors (Lipinski definition) is 5. The van der Waals surface area contributed by atoms with Gasteiger partial charge in [0.25, 0.3) is 5.56 Å². The summed E-state index contributed by atoms with van der Waals surface area (Å²) in [6, 6.07) is 0. The molecule has 0 bridgehead atoms. The maximum absolute atomic E-state index is 11.7. The fourth-order valence-corrected chi connectivity index (χ4v) is 2.16. The SMILES string of the molecule is Cc1ncc(Cn2cnc(Cl)c(N)c2=O)s1. The first-order chi connectivity index (χ1) is 7.58. The molecular weight excluding hydrogens is 248 g/mol. The van der Waals surface area contributed by atoms with Crippen LogP contribution in [0.4, 0.5) is 5.69 Å². The Kier molecular flexibility index (Phi) is 2.93. The Morgan fingerprint density at radius 1 is 1.56 bits per heavy atom. The van der Waals surface area contributed by atoms with Crippen LogP contribution in [0.5, 0.6) is 0 Å². The number of nitrogens with zero attached hydrogens (tertiary/aromatic N) is 3. The maximum atomic E-state index is 11.7. The summed E-state index contributed by atoms with van der Waals surface area (Å²) in [4.78, 5) is 20.6. The van der Waals surface area contributed by atoms with Gasteiger partial charge in [0.1, 0.15) is 5.69 Å². The Morgan fingerprint density at radius 2 is 2.31 bits per heavy atom. The molecule has 7 heteroatoms. The molecule has 2 aromatic rings. The fraction of sp³-hybridized carbons (Fsp3) is 0.222. The van der Waals surface area contributed by atoms with Crippen LogP contribution in [-0.2, 0) is 6.54 Å². The quantitative estimate of drug-likeness (QED) is 0.822. The van der Waals surface area contributed by atoms with Gasteiger partial charge in [-0.05, 0) is 6.92 Å². The van der Waals surface area contributed by atoms with E-state index in [1.807, 2.05) is 6.92 Å². The van der Waals surface area contributed by atoms with E-state index in [4.69, 9.17) is 17.3 Å². The van der Waals surface area contributed by atoms with Crippen LogP contribution in [0.25, 0.3) is 0 Å². The number of nitrogen functional groups attached to an aromatic ring is 1. The monoisotopic (exact) mass is 256 g/mol. The number of aromatic nitrogens is 3. The predicted molar refractivity (Wildman–Crippen MR) is 63.9 cm³/mol. The molecule has 0 aliphatic rings. The summed E-state index contributed by atoms with van der Waals surface area (Å²) in [5.41, 5.74) is 5.15. The van der Waals surface area contributed by atoms with E-state index in [9.17, 15) is 4.79 Å². The van der Waals surface area contributed by atoms with Crippen molar-refractivity contribution in [2.75, 3.05) is 5.73 Å². The second kappa shape index (κ2) is 4.23. The summed E-state index contributed by atoms with van der Waals surface area (Å²) in [6.45, 7) is 2.32. The molecule has 2 N–H and O–H groups in total. The van der Waals surface area contributed by atoms with Crippen LogP contribution in [0.3, 0.4) is 0 Å². The van der Waals surface area contributed by atoms with Crippen molar-refractivity contribution in [3.8, 4) is 0 Å². The summed E-state index contributed by atoms with van der Waals surface area (Å²) >= 11 is 7.16. The predicted octanol–water partition coefficient (Wildman–Crippen LogP) is 1.29. The van der Waals surface area contributed by atoms with Crippen LogP contribution in [-0.4, -0.2) is 14.5 Å². The third-order valence-corrected chi connectivity index (χ3v) is 3.22. The molecule has 0 atom stereocenters. The molecule has 0 amide bonds. The third-order valence-electron chi connectivity index (χ3n) is 2.02. The highest BCUT2D eigenvalue weighted by Crippen LogP contribution is 2.13. The zero-order chi connectivity index (χ0) is 11.7. The van der Waals surface area contributed by atoms with Crippen molar-refractivity contribution in [3.05, 3.63) is 37.9 Å². The molecule has 2 rings (SSSR count). The van der Waals surface area contributed by atoms with Crippen molar-refractivity contribution in [3.63, 3.8) is 0 Å². The van der Waals surface area contributed by atoms with Crippen molar-refractivity contribution in [1.29, 1.82) is 0 Å². The zero-order valence-corrected chi connectivity index (χ0v) is 10.0. The molecule has 0 fully saturated rings. The van der Waals surface area contributed by atoms with Gasteiger partial charge in [0.15, 0.2) is 5.15 Å². The summed E-state index contributed by atoms with van der Waals surface area (Å²) in [5, 5.41) is 1.000. The third kappa shape index (κ3) is 2.07. The number of nitrogens with two attached hydrogens (primary N) is 1. The average Bonchev–Trinajstić information content (AvgIpc) is 2.65. The molecule has 5 nitrogen and oxygen atoms in total. The van der Waals surface area contributed by atoms with E-state index in [2.05, 4.69) is 9.97 Å². The van der Waals surface area contributed by atoms with E-state index in [0.717, 1.165) is 9.88 Å². The van der Waals surface area contributed by atoms with Crippen molar-refractivity contribution < 1.29 is 0 Å². The molecule has 0 spiro atoms. The van der Waals surface area contributed by atoms with Crippen molar-refractivity contribution in [2.45, 2.75) is 13.5 Å². The minimum atomic E-state index is -0.328. The Balaban J connectivity index is 2.36. The summed E-state index contributed by atoms with van der Waals surface area (Å²) in [5.74, 6) is 0. The Labute approximate surface area is 101 Å². The van der Waals surface area contributed by atoms with Gasteiger partial charge in [-0.25, -0.2) is 9.97 Å². The van der Waals surface area contributed by atoms with Gasteiger partial charge in [-0.1, -0.05) is 11.6 Å². The van der Waals surface area contributed by atoms with Crippen LogP contribution < -0.4 is 11.3 Å². The first-order valence-electron chi connectivity index (χ1n) is 4.49. The summed E-state index contributed by atoms with van der Waals surface area (Å²) in [7, 11) is 0. The molecule has 2 heterocycles. The van der Waals surface area contributed by atoms with Crippen LogP contribution in [0.15, 0.2) is 17.3 Å². The van der Waals surface area contributed by atoms with Gasteiger partial charge in [-0.15, -0.1) is 11.3 Å². The van der Waals surface area contributed by atoms with Gasteiger partial charge in [0.2, 0.25) is 0 Å². The van der Waals surface area contributed by atoms with Crippen LogP contribution in [0.2, 0.25) is 5.15 Å². The number of halogens is 1. The molecule has 0 saturated heterocycles. The van der Waals surface area contributed by atoms with Crippen molar-refractivity contribution in [2.24, 2.45) is 0 Å². The maximum Gasteiger partial charge on any atom is 0.278 e. The molecule has 0 radical (unpaired) electrons. The Morgan fingerprint density at radius 3 is 2.94 bits per heavy atom. The van der Waals surface area contributed by atoms with Crippen LogP contribution >= 0.6 is 22.9 Å². The second-order valence-corrected chi connectivity index (χ2v) is 4.91. The van der Waals surface area contributed by atoms with E-state index in [1.54, 1.807) is 6.20 Å². The number of aryl methyl sites for hydroxylation is 1. The second-order valence-electron chi connectivity index (χ2n) is 3.23. The molecular formula is C9H9ClN4OS. The lowest BCUT2D eigenvalue weighted by Crippen LogP contribution is -2.23. The van der Waals surface area contributed by atoms with Gasteiger partial charge >= 0.3 is 0 Å². The highest BCUT2D eigenvalue weighted by Gasteiger charge is 2.07. The zero-order valence-electron chi connectivity index (χ0n) is 8.48. The van der Waals surface area contributed by atoms with Crippen molar-refractivity contribution >= 4 is 28.6 Å². The Bertz CT molecular complexity index is 577. The lowest BCUT2D eigenvalue weighted by molar-refractivity contribution is 0.747. The molecule has 0 aliphatic carbocycles. The van der Waals surface area contributed by atoms with Gasteiger partial charge in [0, 0.05) is 11.1 Å². The molecule has 2 aromatic heterocycles. The van der Waals surface area contributed by atoms with Crippen LogP contribution in [0, 0.1) is 6.92 Å². The van der Waals surface area contributed by atoms with Crippen LogP contribution in [0.1, 0.15) is 9.88 Å². The molecule has 0 saturated carbocycles. The lowest BCUT2D eigenvalue weighted by atomic mass is 10.5. The van der Waals surface area contributed by atoms with E-state index in [0.29, 0.717) is 6.54 Å². The number of hydrogen-bond donors (Lipinski definition) is 1. The summed E-state index contributed by atoms with van der Waals surface area (Å²) in [6.07, 6.45) is 3.12. The summed E-state index contributed by atoms with van der Waals surface area (Å²) < 4.78 is 1.41. The largest absolute Gasteiger partial charge is 0.392 e. The smallest absolute Gasteiger partial charge is 0.278 e. The standard InChI is InChI=1S/C9H9ClN4OS/c1-5-12-2-6(16-5)3-14-4-13-8(10)7(11)9(14)15/h2,4H,3,11H2,1H3. The topological polar surface area (TPSA) is 73.8 Å². The van der Waals surface area contributed by atoms with E-state index in [1.165, 1.54) is 22.2 Å². The van der Waals surface area contributed by atoms with E-state index >= 15 is 0 Å². The van der Waals surface area contributed by atoms with E-state index < -0.39 is 0 Å². The highest BCUT2D eigenvalue weighted by molar-refractivity contribution is 7.11. The van der Waals surface area contributed by atoms with E-state index in [-0.39, 0.29) is 16.4 Å². The molecule has 0 aliphatic heterocycles. The van der Waals surface area contributed by atoms with Crippen molar-refractivity contribution in [1.82, 2.24) is 14.5 Å². The normalized spacial score (nSPS) is 10.6. The molecule has 16 heavy (non-hydrogen) atoms. The van der Waals surface area contributed by atoms with Gasteiger partial charge in [-0.3, -0.25) is 9.36 Å². The highest BCUT2D eigenvalue weighted by atomic mass is 35.5. The molecule has 84 valence electrons. The minimum absolute atomic E-state index is 0.0228. The van der Waals surface area contributed by atoms with Gasteiger partial charge in [-0.2, -0.15) is 0 Å². The minimum Gasteiger partial charge on any atom is -0.392 e. The number of anilines is 1. The molecule has 0 aromatic carbocycles. The van der Waals surface area contributed by atoms with Gasteiger partial charge < -0.3 is 5.73 Å².